The van der Waals surface area contributed by atoms with Crippen molar-refractivity contribution in [3.05, 3.63) is 247 Å². The first kappa shape index (κ1) is 35.0. The Morgan fingerprint density at radius 3 is 1.21 bits per heavy atom. The highest BCUT2D eigenvalue weighted by atomic mass is 15.0. The average Bonchev–Trinajstić information content (AvgIpc) is 3.82. The smallest absolute Gasteiger partial charge is 0.164 e. The molecule has 9 aromatic carbocycles. The predicted octanol–water partition coefficient (Wildman–Crippen LogP) is 14.2. The maximum atomic E-state index is 5.15. The Kier molecular flexibility index (Phi) is 8.07. The van der Waals surface area contributed by atoms with Crippen LogP contribution in [0.15, 0.2) is 224 Å². The zero-order chi connectivity index (χ0) is 40.3. The first-order chi connectivity index (χ1) is 30.2. The van der Waals surface area contributed by atoms with Gasteiger partial charge in [-0.15, -0.1) is 0 Å². The van der Waals surface area contributed by atoms with E-state index in [2.05, 4.69) is 200 Å². The lowest BCUT2D eigenvalue weighted by atomic mass is 9.70. The number of fused-ring (bicyclic) bond motifs is 10. The van der Waals surface area contributed by atoms with Gasteiger partial charge in [-0.2, -0.15) is 0 Å². The normalized spacial score (nSPS) is 12.7. The molecule has 0 atom stereocenters. The first-order valence-corrected chi connectivity index (χ1v) is 20.9. The number of hydrogen-bond donors (Lipinski definition) is 0. The highest BCUT2D eigenvalue weighted by Crippen LogP contribution is 2.63. The van der Waals surface area contributed by atoms with E-state index in [0.717, 1.165) is 33.4 Å². The van der Waals surface area contributed by atoms with Crippen LogP contribution in [-0.2, 0) is 5.41 Å². The Morgan fingerprint density at radius 2 is 0.590 bits per heavy atom. The lowest BCUT2D eigenvalue weighted by Crippen LogP contribution is -2.25. The van der Waals surface area contributed by atoms with Crippen molar-refractivity contribution in [2.75, 3.05) is 0 Å². The number of nitrogens with zero attached hydrogens (tertiary/aromatic N) is 3. The zero-order valence-electron chi connectivity index (χ0n) is 33.2. The fraction of sp³-hybridized carbons (Fsp3) is 0.0172. The summed E-state index contributed by atoms with van der Waals surface area (Å²) in [4.78, 5) is 15.3. The van der Waals surface area contributed by atoms with Gasteiger partial charge in [-0.25, -0.2) is 15.0 Å². The molecule has 0 aliphatic heterocycles. The predicted molar refractivity (Wildman–Crippen MR) is 249 cm³/mol. The molecule has 0 unspecified atom stereocenters. The van der Waals surface area contributed by atoms with Crippen molar-refractivity contribution in [3.63, 3.8) is 0 Å². The van der Waals surface area contributed by atoms with Crippen LogP contribution in [0.3, 0.4) is 0 Å². The van der Waals surface area contributed by atoms with E-state index < -0.39 is 0 Å². The summed E-state index contributed by atoms with van der Waals surface area (Å²) < 4.78 is 0. The lowest BCUT2D eigenvalue weighted by molar-refractivity contribution is 0.794. The van der Waals surface area contributed by atoms with Crippen molar-refractivity contribution < 1.29 is 0 Å². The van der Waals surface area contributed by atoms with Gasteiger partial charge in [0.05, 0.1) is 5.41 Å². The van der Waals surface area contributed by atoms with Gasteiger partial charge in [-0.1, -0.05) is 218 Å². The number of hydrogen-bond acceptors (Lipinski definition) is 3. The monoisotopic (exact) mass is 775 g/mol. The summed E-state index contributed by atoms with van der Waals surface area (Å²) in [7, 11) is 0. The largest absolute Gasteiger partial charge is 0.208 e. The maximum Gasteiger partial charge on any atom is 0.164 e. The van der Waals surface area contributed by atoms with E-state index in [0.29, 0.717) is 17.5 Å². The van der Waals surface area contributed by atoms with Crippen LogP contribution >= 0.6 is 0 Å². The molecule has 10 aromatic rings. The third kappa shape index (κ3) is 5.55. The molecule has 2 aliphatic rings. The van der Waals surface area contributed by atoms with Crippen LogP contribution in [0.5, 0.6) is 0 Å². The summed E-state index contributed by atoms with van der Waals surface area (Å²) in [5, 5.41) is 0. The first-order valence-electron chi connectivity index (χ1n) is 20.9. The molecule has 0 bridgehead atoms. The van der Waals surface area contributed by atoms with E-state index in [1.165, 1.54) is 61.2 Å². The van der Waals surface area contributed by atoms with Crippen LogP contribution in [0, 0.1) is 0 Å². The lowest BCUT2D eigenvalue weighted by Gasteiger charge is -2.30. The highest BCUT2D eigenvalue weighted by molar-refractivity contribution is 6.00. The number of aromatic nitrogens is 3. The molecule has 0 saturated carbocycles. The number of rotatable bonds is 6. The Balaban J connectivity index is 0.948. The fourth-order valence-corrected chi connectivity index (χ4v) is 9.86. The van der Waals surface area contributed by atoms with Crippen molar-refractivity contribution in [1.82, 2.24) is 15.0 Å². The quantitative estimate of drug-likeness (QED) is 0.169. The van der Waals surface area contributed by atoms with Crippen LogP contribution < -0.4 is 0 Å². The molecule has 1 aromatic heterocycles. The molecule has 1 heterocycles. The van der Waals surface area contributed by atoms with Crippen molar-refractivity contribution in [2.45, 2.75) is 5.41 Å². The third-order valence-electron chi connectivity index (χ3n) is 12.6. The van der Waals surface area contributed by atoms with Gasteiger partial charge in [-0.05, 0) is 84.0 Å². The van der Waals surface area contributed by atoms with Crippen molar-refractivity contribution in [3.8, 4) is 89.8 Å². The van der Waals surface area contributed by atoms with Crippen LogP contribution in [0.25, 0.3) is 89.8 Å². The van der Waals surface area contributed by atoms with Gasteiger partial charge in [0, 0.05) is 16.7 Å². The molecule has 0 saturated heterocycles. The molecule has 0 amide bonds. The molecule has 0 N–H and O–H groups in total. The molecule has 12 rings (SSSR count). The number of benzene rings is 9. The van der Waals surface area contributed by atoms with Crippen LogP contribution in [-0.4, -0.2) is 15.0 Å². The van der Waals surface area contributed by atoms with E-state index in [9.17, 15) is 0 Å². The molecule has 0 fully saturated rings. The molecular formula is C58H37N3. The minimum atomic E-state index is -0.382. The minimum Gasteiger partial charge on any atom is -0.208 e. The molecule has 61 heavy (non-hydrogen) atoms. The van der Waals surface area contributed by atoms with Crippen molar-refractivity contribution in [1.29, 1.82) is 0 Å². The van der Waals surface area contributed by atoms with Gasteiger partial charge in [0.15, 0.2) is 17.5 Å². The van der Waals surface area contributed by atoms with E-state index in [4.69, 9.17) is 15.0 Å². The summed E-state index contributed by atoms with van der Waals surface area (Å²) in [6.45, 7) is 0. The standard InChI is InChI=1S/C58H37N3/c1-3-15-38(16-4-1)39-29-31-40(32-30-39)44-19-13-20-45(37-44)57-60-55(42-17-5-2-6-18-42)59-56(61-57)43-35-33-41(34-36-43)46-24-14-28-53-54(46)49-23-9-12-27-52(49)58(53)50-25-10-7-21-47(50)48-22-8-11-26-51(48)58/h1-37H. The summed E-state index contributed by atoms with van der Waals surface area (Å²) in [5.41, 5.74) is 20.0. The summed E-state index contributed by atoms with van der Waals surface area (Å²) in [6.07, 6.45) is 0. The molecule has 3 heteroatoms. The summed E-state index contributed by atoms with van der Waals surface area (Å²) in [5.74, 6) is 1.91. The summed E-state index contributed by atoms with van der Waals surface area (Å²) >= 11 is 0. The van der Waals surface area contributed by atoms with Crippen LogP contribution in [0.4, 0.5) is 0 Å². The van der Waals surface area contributed by atoms with Crippen LogP contribution in [0.2, 0.25) is 0 Å². The molecule has 3 nitrogen and oxygen atoms in total. The van der Waals surface area contributed by atoms with Crippen LogP contribution in [0.1, 0.15) is 22.3 Å². The highest BCUT2D eigenvalue weighted by Gasteiger charge is 2.51. The molecule has 284 valence electrons. The van der Waals surface area contributed by atoms with Gasteiger partial charge in [0.2, 0.25) is 0 Å². The van der Waals surface area contributed by atoms with Gasteiger partial charge in [0.1, 0.15) is 0 Å². The van der Waals surface area contributed by atoms with Gasteiger partial charge in [0.25, 0.3) is 0 Å². The van der Waals surface area contributed by atoms with Gasteiger partial charge < -0.3 is 0 Å². The summed E-state index contributed by atoms with van der Waals surface area (Å²) in [6, 6.07) is 80.4. The van der Waals surface area contributed by atoms with E-state index in [1.54, 1.807) is 0 Å². The second-order valence-electron chi connectivity index (χ2n) is 15.9. The van der Waals surface area contributed by atoms with Gasteiger partial charge >= 0.3 is 0 Å². The maximum absolute atomic E-state index is 5.15. The van der Waals surface area contributed by atoms with E-state index in [1.807, 2.05) is 24.3 Å². The fourth-order valence-electron chi connectivity index (χ4n) is 9.86. The second-order valence-corrected chi connectivity index (χ2v) is 15.9. The van der Waals surface area contributed by atoms with Crippen molar-refractivity contribution in [2.24, 2.45) is 0 Å². The van der Waals surface area contributed by atoms with E-state index >= 15 is 0 Å². The van der Waals surface area contributed by atoms with Crippen molar-refractivity contribution >= 4 is 0 Å². The molecule has 0 radical (unpaired) electrons. The topological polar surface area (TPSA) is 38.7 Å². The Labute approximate surface area is 355 Å². The third-order valence-corrected chi connectivity index (χ3v) is 12.6. The van der Waals surface area contributed by atoms with Gasteiger partial charge in [-0.3, -0.25) is 0 Å². The Bertz CT molecular complexity index is 3230. The Hall–Kier alpha value is -8.01. The minimum absolute atomic E-state index is 0.382. The Morgan fingerprint density at radius 1 is 0.230 bits per heavy atom. The molecule has 1 spiro atoms. The molecular weight excluding hydrogens is 739 g/mol. The zero-order valence-corrected chi connectivity index (χ0v) is 33.2. The molecule has 2 aliphatic carbocycles. The van der Waals surface area contributed by atoms with E-state index in [-0.39, 0.29) is 5.41 Å². The SMILES string of the molecule is c1ccc(-c2ccc(-c3cccc(-c4nc(-c5ccccc5)nc(-c5ccc(-c6cccc7c6-c6ccccc6C76c7ccccc7-c7ccccc76)cc5)n4)c3)cc2)cc1. The second kappa shape index (κ2) is 14.1. The average molecular weight is 776 g/mol.